The first kappa shape index (κ1) is 10.2. The predicted molar refractivity (Wildman–Crippen MR) is 56.7 cm³/mol. The minimum Gasteiger partial charge on any atom is -0.472 e. The summed E-state index contributed by atoms with van der Waals surface area (Å²) in [6, 6.07) is 1.68. The second kappa shape index (κ2) is 4.06. The number of rotatable bonds is 2. The molecule has 4 nitrogen and oxygen atoms in total. The molecule has 1 saturated heterocycles. The zero-order valence-corrected chi connectivity index (χ0v) is 8.88. The van der Waals surface area contributed by atoms with Crippen LogP contribution < -0.4 is 10.6 Å². The van der Waals surface area contributed by atoms with Crippen molar-refractivity contribution in [2.24, 2.45) is 0 Å². The zero-order valence-electron chi connectivity index (χ0n) is 8.88. The van der Waals surface area contributed by atoms with Crippen LogP contribution in [0, 0.1) is 0 Å². The van der Waals surface area contributed by atoms with Crippen molar-refractivity contribution in [1.29, 1.82) is 0 Å². The first-order valence-corrected chi connectivity index (χ1v) is 5.25. The average Bonchev–Trinajstić information content (AvgIpc) is 2.70. The maximum atomic E-state index is 11.8. The molecule has 4 heteroatoms. The Hall–Kier alpha value is -1.29. The summed E-state index contributed by atoms with van der Waals surface area (Å²) < 4.78 is 4.88. The molecular formula is C11H16N2O2. The van der Waals surface area contributed by atoms with E-state index in [1.165, 1.54) is 12.5 Å². The first-order valence-electron chi connectivity index (χ1n) is 5.25. The third-order valence-electron chi connectivity index (χ3n) is 2.91. The van der Waals surface area contributed by atoms with Crippen LogP contribution in [-0.4, -0.2) is 24.5 Å². The highest BCUT2D eigenvalue weighted by Gasteiger charge is 2.28. The van der Waals surface area contributed by atoms with Crippen LogP contribution in [0.3, 0.4) is 0 Å². The third kappa shape index (κ3) is 2.39. The third-order valence-corrected chi connectivity index (χ3v) is 2.91. The van der Waals surface area contributed by atoms with E-state index in [0.717, 1.165) is 25.9 Å². The molecule has 1 aromatic rings. The monoisotopic (exact) mass is 208 g/mol. The predicted octanol–water partition coefficient (Wildman–Crippen LogP) is 1.15. The number of amides is 1. The fourth-order valence-electron chi connectivity index (χ4n) is 1.84. The molecule has 15 heavy (non-hydrogen) atoms. The van der Waals surface area contributed by atoms with E-state index in [1.54, 1.807) is 6.07 Å². The van der Waals surface area contributed by atoms with Crippen LogP contribution in [0.15, 0.2) is 23.0 Å². The second-order valence-corrected chi connectivity index (χ2v) is 4.28. The summed E-state index contributed by atoms with van der Waals surface area (Å²) in [4.78, 5) is 11.8. The molecule has 0 atom stereocenters. The summed E-state index contributed by atoms with van der Waals surface area (Å²) in [6.07, 6.45) is 4.92. The SMILES string of the molecule is CC1(NC(=O)c2ccoc2)CCNCC1. The second-order valence-electron chi connectivity index (χ2n) is 4.28. The van der Waals surface area contributed by atoms with E-state index in [-0.39, 0.29) is 11.4 Å². The summed E-state index contributed by atoms with van der Waals surface area (Å²) in [7, 11) is 0. The van der Waals surface area contributed by atoms with Crippen molar-refractivity contribution in [3.63, 3.8) is 0 Å². The number of carbonyl (C=O) groups excluding carboxylic acids is 1. The smallest absolute Gasteiger partial charge is 0.254 e. The molecule has 1 fully saturated rings. The van der Waals surface area contributed by atoms with Gasteiger partial charge in [-0.2, -0.15) is 0 Å². The number of furan rings is 1. The summed E-state index contributed by atoms with van der Waals surface area (Å²) in [5.41, 5.74) is 0.509. The highest BCUT2D eigenvalue weighted by molar-refractivity contribution is 5.94. The Kier molecular flexibility index (Phi) is 2.77. The van der Waals surface area contributed by atoms with Gasteiger partial charge in [-0.3, -0.25) is 4.79 Å². The lowest BCUT2D eigenvalue weighted by Gasteiger charge is -2.34. The molecule has 82 valence electrons. The molecule has 2 heterocycles. The number of nitrogens with one attached hydrogen (secondary N) is 2. The molecule has 0 aliphatic carbocycles. The van der Waals surface area contributed by atoms with Crippen LogP contribution >= 0.6 is 0 Å². The van der Waals surface area contributed by atoms with Gasteiger partial charge in [0.15, 0.2) is 0 Å². The molecule has 1 aliphatic heterocycles. The molecule has 0 aromatic carbocycles. The maximum Gasteiger partial charge on any atom is 0.254 e. The van der Waals surface area contributed by atoms with Gasteiger partial charge in [0.25, 0.3) is 5.91 Å². The van der Waals surface area contributed by atoms with Crippen LogP contribution in [0.5, 0.6) is 0 Å². The highest BCUT2D eigenvalue weighted by Crippen LogP contribution is 2.17. The number of piperidine rings is 1. The summed E-state index contributed by atoms with van der Waals surface area (Å²) in [5.74, 6) is -0.0480. The minimum atomic E-state index is -0.0837. The Morgan fingerprint density at radius 1 is 1.53 bits per heavy atom. The van der Waals surface area contributed by atoms with Gasteiger partial charge in [-0.25, -0.2) is 0 Å². The Morgan fingerprint density at radius 3 is 2.87 bits per heavy atom. The molecule has 0 bridgehead atoms. The largest absolute Gasteiger partial charge is 0.472 e. The highest BCUT2D eigenvalue weighted by atomic mass is 16.3. The lowest BCUT2D eigenvalue weighted by molar-refractivity contribution is 0.0887. The van der Waals surface area contributed by atoms with Crippen molar-refractivity contribution in [3.05, 3.63) is 24.2 Å². The number of carbonyl (C=O) groups is 1. The van der Waals surface area contributed by atoms with Gasteiger partial charge in [-0.1, -0.05) is 0 Å². The lowest BCUT2D eigenvalue weighted by atomic mass is 9.90. The van der Waals surface area contributed by atoms with Crippen molar-refractivity contribution in [3.8, 4) is 0 Å². The van der Waals surface area contributed by atoms with Gasteiger partial charge in [-0.05, 0) is 38.9 Å². The van der Waals surface area contributed by atoms with E-state index in [0.29, 0.717) is 5.56 Å². The molecular weight excluding hydrogens is 192 g/mol. The summed E-state index contributed by atoms with van der Waals surface area (Å²) in [6.45, 7) is 4.01. The molecule has 0 spiro atoms. The standard InChI is InChI=1S/C11H16N2O2/c1-11(3-5-12-6-4-11)13-10(14)9-2-7-15-8-9/h2,7-8,12H,3-6H2,1H3,(H,13,14). The molecule has 1 aliphatic rings. The fraction of sp³-hybridized carbons (Fsp3) is 0.545. The quantitative estimate of drug-likeness (QED) is 0.766. The number of hydrogen-bond acceptors (Lipinski definition) is 3. The van der Waals surface area contributed by atoms with E-state index in [4.69, 9.17) is 4.42 Å². The van der Waals surface area contributed by atoms with Gasteiger partial charge in [0.1, 0.15) is 6.26 Å². The molecule has 1 amide bonds. The Bertz CT molecular complexity index is 326. The topological polar surface area (TPSA) is 54.3 Å². The summed E-state index contributed by atoms with van der Waals surface area (Å²) in [5, 5.41) is 6.34. The maximum absolute atomic E-state index is 11.8. The van der Waals surface area contributed by atoms with Crippen LogP contribution in [0.25, 0.3) is 0 Å². The van der Waals surface area contributed by atoms with Gasteiger partial charge < -0.3 is 15.1 Å². The van der Waals surface area contributed by atoms with Crippen LogP contribution in [-0.2, 0) is 0 Å². The van der Waals surface area contributed by atoms with Crippen molar-refractivity contribution in [2.75, 3.05) is 13.1 Å². The zero-order chi connectivity index (χ0) is 10.7. The molecule has 2 rings (SSSR count). The average molecular weight is 208 g/mol. The van der Waals surface area contributed by atoms with E-state index < -0.39 is 0 Å². The number of hydrogen-bond donors (Lipinski definition) is 2. The van der Waals surface area contributed by atoms with Crippen molar-refractivity contribution in [1.82, 2.24) is 10.6 Å². The van der Waals surface area contributed by atoms with Crippen molar-refractivity contribution in [2.45, 2.75) is 25.3 Å². The van der Waals surface area contributed by atoms with Gasteiger partial charge in [-0.15, -0.1) is 0 Å². The van der Waals surface area contributed by atoms with E-state index >= 15 is 0 Å². The van der Waals surface area contributed by atoms with Gasteiger partial charge >= 0.3 is 0 Å². The minimum absolute atomic E-state index is 0.0480. The first-order chi connectivity index (χ1) is 7.20. The molecule has 0 radical (unpaired) electrons. The molecule has 2 N–H and O–H groups in total. The van der Waals surface area contributed by atoms with Crippen molar-refractivity contribution < 1.29 is 9.21 Å². The Balaban J connectivity index is 1.98. The van der Waals surface area contributed by atoms with Gasteiger partial charge in [0.05, 0.1) is 11.8 Å². The van der Waals surface area contributed by atoms with Crippen LogP contribution in [0.1, 0.15) is 30.1 Å². The van der Waals surface area contributed by atoms with E-state index in [1.807, 2.05) is 0 Å². The normalized spacial score (nSPS) is 19.8. The summed E-state index contributed by atoms with van der Waals surface area (Å²) >= 11 is 0. The van der Waals surface area contributed by atoms with Crippen molar-refractivity contribution >= 4 is 5.91 Å². The Labute approximate surface area is 89.0 Å². The Morgan fingerprint density at radius 2 is 2.27 bits per heavy atom. The van der Waals surface area contributed by atoms with Crippen LogP contribution in [0.2, 0.25) is 0 Å². The van der Waals surface area contributed by atoms with Crippen LogP contribution in [0.4, 0.5) is 0 Å². The molecule has 0 unspecified atom stereocenters. The van der Waals surface area contributed by atoms with E-state index in [2.05, 4.69) is 17.6 Å². The van der Waals surface area contributed by atoms with Gasteiger partial charge in [0.2, 0.25) is 0 Å². The molecule has 1 aromatic heterocycles. The fourth-order valence-corrected chi connectivity index (χ4v) is 1.84. The molecule has 0 saturated carbocycles. The lowest BCUT2D eigenvalue weighted by Crippen LogP contribution is -2.52. The van der Waals surface area contributed by atoms with Gasteiger partial charge in [0, 0.05) is 5.54 Å². The van der Waals surface area contributed by atoms with E-state index in [9.17, 15) is 4.79 Å².